The number of rotatable bonds is 5. The number of pyridine rings is 2. The lowest BCUT2D eigenvalue weighted by Crippen LogP contribution is -2.48. The third-order valence-electron chi connectivity index (χ3n) is 5.61. The summed E-state index contributed by atoms with van der Waals surface area (Å²) in [5.74, 6) is 0.324. The number of ether oxygens (including phenoxy) is 1. The van der Waals surface area contributed by atoms with Gasteiger partial charge in [0.05, 0.1) is 25.8 Å². The Balaban J connectivity index is 1.41. The zero-order chi connectivity index (χ0) is 22.1. The molecular formula is C25H22N4O3. The Kier molecular flexibility index (Phi) is 5.17. The van der Waals surface area contributed by atoms with E-state index in [2.05, 4.69) is 10.3 Å². The van der Waals surface area contributed by atoms with E-state index in [1.807, 2.05) is 54.6 Å². The molecule has 1 aliphatic rings. The van der Waals surface area contributed by atoms with E-state index in [0.717, 1.165) is 22.1 Å². The van der Waals surface area contributed by atoms with Gasteiger partial charge in [-0.25, -0.2) is 4.98 Å². The van der Waals surface area contributed by atoms with E-state index in [9.17, 15) is 9.59 Å². The summed E-state index contributed by atoms with van der Waals surface area (Å²) in [6.07, 6.45) is 3.45. The average Bonchev–Trinajstić information content (AvgIpc) is 2.78. The van der Waals surface area contributed by atoms with Gasteiger partial charge in [0.2, 0.25) is 0 Å². The molecule has 3 N–H and O–H groups in total. The first-order valence-electron chi connectivity index (χ1n) is 10.4. The molecule has 0 saturated carbocycles. The monoisotopic (exact) mass is 426 g/mol. The number of anilines is 1. The number of nitrogen functional groups attached to an aromatic ring is 1. The van der Waals surface area contributed by atoms with E-state index >= 15 is 0 Å². The van der Waals surface area contributed by atoms with Crippen molar-refractivity contribution >= 4 is 22.5 Å². The molecule has 1 aliphatic heterocycles. The zero-order valence-corrected chi connectivity index (χ0v) is 17.3. The normalized spacial score (nSPS) is 13.6. The first-order valence-corrected chi connectivity index (χ1v) is 10.4. The van der Waals surface area contributed by atoms with Crippen molar-refractivity contribution < 1.29 is 9.53 Å². The lowest BCUT2D eigenvalue weighted by molar-refractivity contribution is -0.00346. The third-order valence-corrected chi connectivity index (χ3v) is 5.61. The van der Waals surface area contributed by atoms with Gasteiger partial charge in [-0.3, -0.25) is 9.59 Å². The highest BCUT2D eigenvalue weighted by Crippen LogP contribution is 2.24. The predicted molar refractivity (Wildman–Crippen MR) is 123 cm³/mol. The minimum Gasteiger partial charge on any atom is -0.384 e. The summed E-state index contributed by atoms with van der Waals surface area (Å²) in [5.41, 5.74) is 9.09. The van der Waals surface area contributed by atoms with Crippen LogP contribution in [0.15, 0.2) is 77.9 Å². The van der Waals surface area contributed by atoms with Crippen molar-refractivity contribution in [2.45, 2.75) is 12.6 Å². The Bertz CT molecular complexity index is 1380. The number of hydrogen-bond donors (Lipinski definition) is 2. The summed E-state index contributed by atoms with van der Waals surface area (Å²) in [6.45, 7) is 1.48. The van der Waals surface area contributed by atoms with Crippen molar-refractivity contribution in [2.75, 3.05) is 18.9 Å². The molecule has 5 rings (SSSR count). The van der Waals surface area contributed by atoms with Crippen LogP contribution in [-0.4, -0.2) is 34.7 Å². The van der Waals surface area contributed by atoms with E-state index in [-0.39, 0.29) is 17.5 Å². The van der Waals surface area contributed by atoms with Crippen LogP contribution in [-0.2, 0) is 11.3 Å². The van der Waals surface area contributed by atoms with E-state index in [4.69, 9.17) is 10.5 Å². The number of amides is 1. The molecule has 1 fully saturated rings. The number of carbonyl (C=O) groups excluding carboxylic acids is 1. The Morgan fingerprint density at radius 2 is 1.94 bits per heavy atom. The molecular weight excluding hydrogens is 404 g/mol. The standard InChI is InChI=1S/C25H22N4O3/c26-23-12-18(6-8-27-23)17-4-5-22-19(11-17)7-9-29(25(22)31)13-16-2-1-3-20(10-16)24(30)28-21-14-32-15-21/h1-12,21H,13-15H2,(H2,26,27)(H,28,30). The van der Waals surface area contributed by atoms with Crippen LogP contribution in [0.2, 0.25) is 0 Å². The molecule has 1 amide bonds. The molecule has 0 bridgehead atoms. The number of benzene rings is 2. The molecule has 2 aromatic carbocycles. The predicted octanol–water partition coefficient (Wildman–Crippen LogP) is 2.82. The van der Waals surface area contributed by atoms with Crippen LogP contribution < -0.4 is 16.6 Å². The van der Waals surface area contributed by atoms with Gasteiger partial charge in [0.15, 0.2) is 0 Å². The fourth-order valence-corrected chi connectivity index (χ4v) is 3.82. The van der Waals surface area contributed by atoms with E-state index < -0.39 is 0 Å². The number of nitrogens with one attached hydrogen (secondary N) is 1. The minimum absolute atomic E-state index is 0.0720. The van der Waals surface area contributed by atoms with Gasteiger partial charge in [0.1, 0.15) is 5.82 Å². The lowest BCUT2D eigenvalue weighted by Gasteiger charge is -2.26. The maximum atomic E-state index is 13.1. The van der Waals surface area contributed by atoms with Crippen LogP contribution >= 0.6 is 0 Å². The van der Waals surface area contributed by atoms with Crippen molar-refractivity contribution in [2.24, 2.45) is 0 Å². The summed E-state index contributed by atoms with van der Waals surface area (Å²) in [7, 11) is 0. The van der Waals surface area contributed by atoms with Crippen LogP contribution in [0.4, 0.5) is 5.82 Å². The van der Waals surface area contributed by atoms with Gasteiger partial charge in [0.25, 0.3) is 11.5 Å². The molecule has 32 heavy (non-hydrogen) atoms. The van der Waals surface area contributed by atoms with E-state index in [1.54, 1.807) is 23.0 Å². The average molecular weight is 426 g/mol. The van der Waals surface area contributed by atoms with Crippen molar-refractivity contribution in [1.29, 1.82) is 0 Å². The Morgan fingerprint density at radius 1 is 1.09 bits per heavy atom. The van der Waals surface area contributed by atoms with Gasteiger partial charge in [-0.2, -0.15) is 0 Å². The Hall–Kier alpha value is -3.97. The van der Waals surface area contributed by atoms with Crippen molar-refractivity contribution in [3.63, 3.8) is 0 Å². The van der Waals surface area contributed by atoms with Crippen LogP contribution in [0.3, 0.4) is 0 Å². The lowest BCUT2D eigenvalue weighted by atomic mass is 10.0. The van der Waals surface area contributed by atoms with Crippen molar-refractivity contribution in [3.8, 4) is 11.1 Å². The molecule has 7 nitrogen and oxygen atoms in total. The molecule has 160 valence electrons. The maximum absolute atomic E-state index is 13.1. The highest BCUT2D eigenvalue weighted by atomic mass is 16.5. The quantitative estimate of drug-likeness (QED) is 0.511. The molecule has 0 atom stereocenters. The van der Waals surface area contributed by atoms with Gasteiger partial charge in [-0.1, -0.05) is 18.2 Å². The number of aromatic nitrogens is 2. The fraction of sp³-hybridized carbons (Fsp3) is 0.160. The summed E-state index contributed by atoms with van der Waals surface area (Å²) >= 11 is 0. The van der Waals surface area contributed by atoms with Crippen LogP contribution in [0, 0.1) is 0 Å². The molecule has 0 spiro atoms. The summed E-state index contributed by atoms with van der Waals surface area (Å²) in [6, 6.07) is 18.8. The fourth-order valence-electron chi connectivity index (χ4n) is 3.82. The summed E-state index contributed by atoms with van der Waals surface area (Å²) in [5, 5.41) is 4.43. The molecule has 0 radical (unpaired) electrons. The molecule has 7 heteroatoms. The minimum atomic E-state index is -0.129. The molecule has 2 aromatic heterocycles. The van der Waals surface area contributed by atoms with E-state index in [1.165, 1.54) is 0 Å². The SMILES string of the molecule is Nc1cc(-c2ccc3c(=O)n(Cc4cccc(C(=O)NC5COC5)c4)ccc3c2)ccn1. The maximum Gasteiger partial charge on any atom is 0.258 e. The smallest absolute Gasteiger partial charge is 0.258 e. The highest BCUT2D eigenvalue weighted by molar-refractivity contribution is 5.94. The third kappa shape index (κ3) is 3.98. The first kappa shape index (κ1) is 20.0. The molecule has 1 saturated heterocycles. The van der Waals surface area contributed by atoms with Gasteiger partial charge in [-0.15, -0.1) is 0 Å². The number of nitrogens with two attached hydrogens (primary N) is 1. The molecule has 4 aromatic rings. The van der Waals surface area contributed by atoms with Crippen LogP contribution in [0.5, 0.6) is 0 Å². The van der Waals surface area contributed by atoms with Gasteiger partial charge < -0.3 is 20.4 Å². The largest absolute Gasteiger partial charge is 0.384 e. The Morgan fingerprint density at radius 3 is 2.72 bits per heavy atom. The van der Waals surface area contributed by atoms with Gasteiger partial charge >= 0.3 is 0 Å². The number of carbonyl (C=O) groups is 1. The summed E-state index contributed by atoms with van der Waals surface area (Å²) < 4.78 is 6.76. The van der Waals surface area contributed by atoms with Crippen molar-refractivity contribution in [3.05, 3.63) is 94.5 Å². The van der Waals surface area contributed by atoms with Gasteiger partial charge in [-0.05, 0) is 64.5 Å². The molecule has 3 heterocycles. The Labute approximate surface area is 184 Å². The number of fused-ring (bicyclic) bond motifs is 1. The summed E-state index contributed by atoms with van der Waals surface area (Å²) in [4.78, 5) is 29.5. The second-order valence-corrected chi connectivity index (χ2v) is 7.93. The van der Waals surface area contributed by atoms with Gasteiger partial charge in [0, 0.05) is 23.3 Å². The van der Waals surface area contributed by atoms with Crippen LogP contribution in [0.1, 0.15) is 15.9 Å². The van der Waals surface area contributed by atoms with Crippen LogP contribution in [0.25, 0.3) is 21.9 Å². The molecule has 0 aliphatic carbocycles. The topological polar surface area (TPSA) is 99.2 Å². The first-order chi connectivity index (χ1) is 15.6. The van der Waals surface area contributed by atoms with E-state index in [0.29, 0.717) is 36.5 Å². The second kappa shape index (κ2) is 8.28. The number of nitrogens with zero attached hydrogens (tertiary/aromatic N) is 2. The van der Waals surface area contributed by atoms with Crippen molar-refractivity contribution in [1.82, 2.24) is 14.9 Å². The zero-order valence-electron chi connectivity index (χ0n) is 17.3. The highest BCUT2D eigenvalue weighted by Gasteiger charge is 2.21. The second-order valence-electron chi connectivity index (χ2n) is 7.93. The molecule has 0 unspecified atom stereocenters. The number of hydrogen-bond acceptors (Lipinski definition) is 5.